The van der Waals surface area contributed by atoms with Gasteiger partial charge in [-0.15, -0.1) is 0 Å². The number of guanidine groups is 1. The number of likely N-dealkylation sites (tertiary alicyclic amines) is 1. The quantitative estimate of drug-likeness (QED) is 0.528. The summed E-state index contributed by atoms with van der Waals surface area (Å²) in [5.41, 5.74) is 1.85. The number of rotatable bonds is 8. The van der Waals surface area contributed by atoms with E-state index in [1.807, 2.05) is 25.1 Å². The van der Waals surface area contributed by atoms with E-state index in [0.717, 1.165) is 38.6 Å². The number of nitrogens with zero attached hydrogens (tertiary/aromatic N) is 2. The number of halogens is 1. The van der Waals surface area contributed by atoms with Crippen LogP contribution in [0.5, 0.6) is 0 Å². The van der Waals surface area contributed by atoms with Crippen LogP contribution >= 0.6 is 0 Å². The number of ether oxygens (including phenoxy) is 1. The molecule has 1 heterocycles. The molecule has 6 heteroatoms. The third-order valence-corrected chi connectivity index (χ3v) is 5.05. The highest BCUT2D eigenvalue weighted by Gasteiger charge is 2.25. The van der Waals surface area contributed by atoms with E-state index in [0.29, 0.717) is 18.1 Å². The zero-order valence-electron chi connectivity index (χ0n) is 16.9. The molecule has 2 atom stereocenters. The number of nitrogens with one attached hydrogen (secondary N) is 1. The molecule has 2 aromatic rings. The first kappa shape index (κ1) is 21.3. The molecular weight excluding hydrogens is 369 g/mol. The summed E-state index contributed by atoms with van der Waals surface area (Å²) in [7, 11) is 0. The fourth-order valence-electron chi connectivity index (χ4n) is 3.47. The molecule has 1 saturated heterocycles. The lowest BCUT2D eigenvalue weighted by atomic mass is 10.1. The Balaban J connectivity index is 1.49. The Bertz CT molecular complexity index is 767. The average Bonchev–Trinajstić information content (AvgIpc) is 3.21. The summed E-state index contributed by atoms with van der Waals surface area (Å²) < 4.78 is 19.0. The molecule has 1 aliphatic rings. The maximum atomic E-state index is 13.1. The second-order valence-corrected chi connectivity index (χ2v) is 7.36. The molecule has 0 bridgehead atoms. The lowest BCUT2D eigenvalue weighted by Gasteiger charge is -2.22. The van der Waals surface area contributed by atoms with Crippen molar-refractivity contribution < 1.29 is 14.2 Å². The first-order valence-corrected chi connectivity index (χ1v) is 10.2. The van der Waals surface area contributed by atoms with E-state index in [1.165, 1.54) is 17.7 Å². The van der Waals surface area contributed by atoms with Crippen LogP contribution in [0.25, 0.3) is 0 Å². The van der Waals surface area contributed by atoms with Crippen molar-refractivity contribution in [2.45, 2.75) is 26.1 Å². The Hall–Kier alpha value is -2.44. The Morgan fingerprint density at radius 1 is 1.24 bits per heavy atom. The number of aliphatic hydroxyl groups excluding tert-OH is 1. The Labute approximate surface area is 172 Å². The molecule has 2 N–H and O–H groups in total. The van der Waals surface area contributed by atoms with Gasteiger partial charge in [-0.3, -0.25) is 4.99 Å². The topological polar surface area (TPSA) is 57.1 Å². The van der Waals surface area contributed by atoms with E-state index in [9.17, 15) is 9.50 Å². The van der Waals surface area contributed by atoms with Crippen LogP contribution in [0.4, 0.5) is 4.39 Å². The molecule has 0 radical (unpaired) electrons. The standard InChI is InChI=1S/C23H30FN3O2/c1-2-25-23(26-14-22(28)20-8-10-21(24)11-9-20)27-13-12-19(15-27)17-29-16-18-6-4-3-5-7-18/h3-11,19,22,28H,2,12-17H2,1H3,(H,25,26). The van der Waals surface area contributed by atoms with E-state index in [4.69, 9.17) is 4.74 Å². The summed E-state index contributed by atoms with van der Waals surface area (Å²) in [6.45, 7) is 6.18. The van der Waals surface area contributed by atoms with Crippen molar-refractivity contribution in [1.29, 1.82) is 0 Å². The van der Waals surface area contributed by atoms with Gasteiger partial charge in [0.25, 0.3) is 0 Å². The number of hydrogen-bond donors (Lipinski definition) is 2. The van der Waals surface area contributed by atoms with Crippen LogP contribution in [-0.4, -0.2) is 48.8 Å². The molecule has 0 aliphatic carbocycles. The minimum Gasteiger partial charge on any atom is -0.386 e. The molecule has 1 fully saturated rings. The molecule has 156 valence electrons. The fourth-order valence-corrected chi connectivity index (χ4v) is 3.47. The first-order chi connectivity index (χ1) is 14.2. The molecule has 2 unspecified atom stereocenters. The second kappa shape index (κ2) is 10.9. The summed E-state index contributed by atoms with van der Waals surface area (Å²) in [4.78, 5) is 6.82. The highest BCUT2D eigenvalue weighted by molar-refractivity contribution is 5.80. The number of benzene rings is 2. The summed E-state index contributed by atoms with van der Waals surface area (Å²) in [6.07, 6.45) is 0.302. The first-order valence-electron chi connectivity index (χ1n) is 10.2. The summed E-state index contributed by atoms with van der Waals surface area (Å²) in [5.74, 6) is 0.958. The normalized spacial score (nSPS) is 18.1. The molecule has 5 nitrogen and oxygen atoms in total. The monoisotopic (exact) mass is 399 g/mol. The molecule has 0 amide bonds. The molecule has 0 aromatic heterocycles. The van der Waals surface area contributed by atoms with Crippen molar-refractivity contribution in [3.8, 4) is 0 Å². The third kappa shape index (κ3) is 6.54. The van der Waals surface area contributed by atoms with E-state index >= 15 is 0 Å². The van der Waals surface area contributed by atoms with Crippen LogP contribution in [0, 0.1) is 11.7 Å². The smallest absolute Gasteiger partial charge is 0.194 e. The van der Waals surface area contributed by atoms with Gasteiger partial charge in [-0.2, -0.15) is 0 Å². The number of hydrogen-bond acceptors (Lipinski definition) is 3. The van der Waals surface area contributed by atoms with Crippen molar-refractivity contribution in [3.05, 3.63) is 71.5 Å². The third-order valence-electron chi connectivity index (χ3n) is 5.05. The Kier molecular flexibility index (Phi) is 8.02. The van der Waals surface area contributed by atoms with Crippen LogP contribution < -0.4 is 5.32 Å². The van der Waals surface area contributed by atoms with Gasteiger partial charge in [0.1, 0.15) is 5.82 Å². The van der Waals surface area contributed by atoms with Gasteiger partial charge < -0.3 is 20.1 Å². The molecule has 3 rings (SSSR count). The number of aliphatic imine (C=N–C) groups is 1. The zero-order chi connectivity index (χ0) is 20.5. The highest BCUT2D eigenvalue weighted by atomic mass is 19.1. The largest absolute Gasteiger partial charge is 0.386 e. The predicted octanol–water partition coefficient (Wildman–Crippen LogP) is 3.36. The van der Waals surface area contributed by atoms with Crippen LogP contribution in [-0.2, 0) is 11.3 Å². The Morgan fingerprint density at radius 3 is 2.72 bits per heavy atom. The van der Waals surface area contributed by atoms with Gasteiger partial charge in [0.15, 0.2) is 5.96 Å². The van der Waals surface area contributed by atoms with Crippen LogP contribution in [0.1, 0.15) is 30.6 Å². The van der Waals surface area contributed by atoms with E-state index < -0.39 is 6.10 Å². The van der Waals surface area contributed by atoms with Gasteiger partial charge in [0.2, 0.25) is 0 Å². The minimum atomic E-state index is -0.753. The van der Waals surface area contributed by atoms with E-state index in [1.54, 1.807) is 12.1 Å². The Morgan fingerprint density at radius 2 is 2.00 bits per heavy atom. The molecule has 0 spiro atoms. The molecule has 1 aliphatic heterocycles. The van der Waals surface area contributed by atoms with Gasteiger partial charge >= 0.3 is 0 Å². The van der Waals surface area contributed by atoms with Crippen molar-refractivity contribution in [2.24, 2.45) is 10.9 Å². The van der Waals surface area contributed by atoms with Crippen LogP contribution in [0.3, 0.4) is 0 Å². The number of aliphatic hydroxyl groups is 1. The van der Waals surface area contributed by atoms with E-state index in [2.05, 4.69) is 27.3 Å². The highest BCUT2D eigenvalue weighted by Crippen LogP contribution is 2.18. The maximum Gasteiger partial charge on any atom is 0.194 e. The van der Waals surface area contributed by atoms with Gasteiger partial charge in [0.05, 0.1) is 25.9 Å². The predicted molar refractivity (Wildman–Crippen MR) is 113 cm³/mol. The molecule has 2 aromatic carbocycles. The van der Waals surface area contributed by atoms with Gasteiger partial charge in [-0.05, 0) is 36.6 Å². The lowest BCUT2D eigenvalue weighted by molar-refractivity contribution is 0.0906. The van der Waals surface area contributed by atoms with Gasteiger partial charge in [-0.1, -0.05) is 42.5 Å². The summed E-state index contributed by atoms with van der Waals surface area (Å²) in [6, 6.07) is 16.1. The summed E-state index contributed by atoms with van der Waals surface area (Å²) >= 11 is 0. The van der Waals surface area contributed by atoms with Gasteiger partial charge in [-0.25, -0.2) is 4.39 Å². The molecular formula is C23H30FN3O2. The van der Waals surface area contributed by atoms with Crippen molar-refractivity contribution in [2.75, 3.05) is 32.8 Å². The molecule has 0 saturated carbocycles. The van der Waals surface area contributed by atoms with E-state index in [-0.39, 0.29) is 12.4 Å². The molecule has 29 heavy (non-hydrogen) atoms. The second-order valence-electron chi connectivity index (χ2n) is 7.36. The lowest BCUT2D eigenvalue weighted by Crippen LogP contribution is -2.40. The maximum absolute atomic E-state index is 13.1. The van der Waals surface area contributed by atoms with Crippen LogP contribution in [0.15, 0.2) is 59.6 Å². The summed E-state index contributed by atoms with van der Waals surface area (Å²) in [5, 5.41) is 13.7. The van der Waals surface area contributed by atoms with Crippen molar-refractivity contribution in [1.82, 2.24) is 10.2 Å². The van der Waals surface area contributed by atoms with Crippen LogP contribution in [0.2, 0.25) is 0 Å². The van der Waals surface area contributed by atoms with Crippen molar-refractivity contribution in [3.63, 3.8) is 0 Å². The van der Waals surface area contributed by atoms with Crippen molar-refractivity contribution >= 4 is 5.96 Å². The fraction of sp³-hybridized carbons (Fsp3) is 0.435. The zero-order valence-corrected chi connectivity index (χ0v) is 16.9. The minimum absolute atomic E-state index is 0.236. The average molecular weight is 400 g/mol. The van der Waals surface area contributed by atoms with Gasteiger partial charge in [0, 0.05) is 25.6 Å². The SMILES string of the molecule is CCNC(=NCC(O)c1ccc(F)cc1)N1CCC(COCc2ccccc2)C1.